The smallest absolute Gasteiger partial charge is 0.340 e. The van der Waals surface area contributed by atoms with E-state index in [1.54, 1.807) is 32.0 Å². The molecule has 0 spiro atoms. The number of carbonyl (C=O) groups is 1. The Kier molecular flexibility index (Phi) is 4.21. The van der Waals surface area contributed by atoms with Crippen LogP contribution in [0.25, 0.3) is 0 Å². The Morgan fingerprint density at radius 3 is 2.79 bits per heavy atom. The second-order valence-electron chi connectivity index (χ2n) is 3.83. The van der Waals surface area contributed by atoms with Gasteiger partial charge in [-0.05, 0) is 41.1 Å². The molecule has 0 fully saturated rings. The number of benzene rings is 1. The number of aryl methyl sites for hydroxylation is 1. The summed E-state index contributed by atoms with van der Waals surface area (Å²) in [6.07, 6.45) is -0.615. The number of halogens is 2. The van der Waals surface area contributed by atoms with Gasteiger partial charge in [0.05, 0.1) is 5.56 Å². The Morgan fingerprint density at radius 2 is 2.21 bits per heavy atom. The maximum atomic E-state index is 12.0. The molecule has 0 saturated heterocycles. The Bertz CT molecular complexity index is 615. The van der Waals surface area contributed by atoms with E-state index >= 15 is 0 Å². The van der Waals surface area contributed by atoms with E-state index in [0.717, 1.165) is 0 Å². The molecule has 0 bridgehead atoms. The highest BCUT2D eigenvalue weighted by Crippen LogP contribution is 2.24. The van der Waals surface area contributed by atoms with Gasteiger partial charge in [0.15, 0.2) is 6.10 Å². The Labute approximate surface area is 123 Å². The molecule has 2 aromatic rings. The van der Waals surface area contributed by atoms with Crippen molar-refractivity contribution in [3.8, 4) is 0 Å². The van der Waals surface area contributed by atoms with Crippen LogP contribution in [0.3, 0.4) is 0 Å². The third kappa shape index (κ3) is 3.33. The largest absolute Gasteiger partial charge is 0.449 e. The fourth-order valence-electron chi connectivity index (χ4n) is 1.41. The molecule has 0 aliphatic carbocycles. The van der Waals surface area contributed by atoms with Crippen molar-refractivity contribution in [1.29, 1.82) is 0 Å². The number of nitrogens with zero attached hydrogens (tertiary/aromatic N) is 2. The van der Waals surface area contributed by atoms with Crippen LogP contribution in [0.4, 0.5) is 0 Å². The van der Waals surface area contributed by atoms with E-state index in [4.69, 9.17) is 20.8 Å². The first-order valence-electron chi connectivity index (χ1n) is 5.43. The Morgan fingerprint density at radius 1 is 1.47 bits per heavy atom. The standard InChI is InChI=1S/C12H10BrClN2O3/c1-6(11-16-15-7(2)19-11)18-12(17)9-4-3-8(14)5-10(9)13/h3-6H,1-2H3/t6-/m0/s1. The van der Waals surface area contributed by atoms with Gasteiger partial charge in [-0.3, -0.25) is 0 Å². The minimum Gasteiger partial charge on any atom is -0.449 e. The molecule has 0 amide bonds. The van der Waals surface area contributed by atoms with Crippen molar-refractivity contribution in [2.45, 2.75) is 20.0 Å². The molecular weight excluding hydrogens is 336 g/mol. The molecule has 0 aliphatic rings. The van der Waals surface area contributed by atoms with Gasteiger partial charge in [-0.15, -0.1) is 10.2 Å². The first-order valence-corrected chi connectivity index (χ1v) is 6.60. The van der Waals surface area contributed by atoms with Crippen molar-refractivity contribution < 1.29 is 13.9 Å². The van der Waals surface area contributed by atoms with Gasteiger partial charge >= 0.3 is 5.97 Å². The summed E-state index contributed by atoms with van der Waals surface area (Å²) in [6, 6.07) is 4.82. The van der Waals surface area contributed by atoms with E-state index in [0.29, 0.717) is 20.9 Å². The summed E-state index contributed by atoms with van der Waals surface area (Å²) in [5, 5.41) is 8.02. The molecule has 0 radical (unpaired) electrons. The molecule has 1 atom stereocenters. The van der Waals surface area contributed by atoms with Crippen molar-refractivity contribution in [3.63, 3.8) is 0 Å². The van der Waals surface area contributed by atoms with E-state index in [1.165, 1.54) is 0 Å². The van der Waals surface area contributed by atoms with Crippen LogP contribution in [0.2, 0.25) is 5.02 Å². The van der Waals surface area contributed by atoms with Gasteiger partial charge in [0.25, 0.3) is 5.89 Å². The number of esters is 1. The van der Waals surface area contributed by atoms with Crippen LogP contribution >= 0.6 is 27.5 Å². The number of hydrogen-bond donors (Lipinski definition) is 0. The van der Waals surface area contributed by atoms with E-state index in [9.17, 15) is 4.79 Å². The highest BCUT2D eigenvalue weighted by Gasteiger charge is 2.20. The van der Waals surface area contributed by atoms with Gasteiger partial charge in [0.2, 0.25) is 5.89 Å². The third-order valence-electron chi connectivity index (χ3n) is 2.32. The van der Waals surface area contributed by atoms with E-state index in [1.807, 2.05) is 0 Å². The minimum absolute atomic E-state index is 0.260. The fourth-order valence-corrected chi connectivity index (χ4v) is 2.25. The average Bonchev–Trinajstić information content (AvgIpc) is 2.75. The second kappa shape index (κ2) is 5.71. The highest BCUT2D eigenvalue weighted by atomic mass is 79.9. The zero-order valence-corrected chi connectivity index (χ0v) is 12.5. The monoisotopic (exact) mass is 344 g/mol. The maximum Gasteiger partial charge on any atom is 0.340 e. The number of aromatic nitrogens is 2. The maximum absolute atomic E-state index is 12.0. The van der Waals surface area contributed by atoms with Crippen LogP contribution in [0.1, 0.15) is 35.2 Å². The van der Waals surface area contributed by atoms with E-state index in [2.05, 4.69) is 26.1 Å². The van der Waals surface area contributed by atoms with Crippen LogP contribution in [0, 0.1) is 6.92 Å². The summed E-state index contributed by atoms with van der Waals surface area (Å²) < 4.78 is 11.0. The quantitative estimate of drug-likeness (QED) is 0.793. The molecule has 0 N–H and O–H groups in total. The first-order chi connectivity index (χ1) is 8.97. The lowest BCUT2D eigenvalue weighted by atomic mass is 10.2. The molecule has 0 aliphatic heterocycles. The van der Waals surface area contributed by atoms with Gasteiger partial charge in [-0.25, -0.2) is 4.79 Å². The summed E-state index contributed by atoms with van der Waals surface area (Å²) in [5.41, 5.74) is 0.382. The molecule has 0 saturated carbocycles. The van der Waals surface area contributed by atoms with Crippen molar-refractivity contribution in [2.75, 3.05) is 0 Å². The van der Waals surface area contributed by atoms with Crippen LogP contribution in [-0.4, -0.2) is 16.2 Å². The van der Waals surface area contributed by atoms with Crippen molar-refractivity contribution in [1.82, 2.24) is 10.2 Å². The van der Waals surface area contributed by atoms with Crippen molar-refractivity contribution in [3.05, 3.63) is 45.0 Å². The van der Waals surface area contributed by atoms with Crippen LogP contribution < -0.4 is 0 Å². The number of ether oxygens (including phenoxy) is 1. The summed E-state index contributed by atoms with van der Waals surface area (Å²) in [5.74, 6) is 0.188. The zero-order chi connectivity index (χ0) is 14.0. The molecule has 1 aromatic carbocycles. The average molecular weight is 346 g/mol. The molecule has 2 rings (SSSR count). The lowest BCUT2D eigenvalue weighted by molar-refractivity contribution is 0.0276. The van der Waals surface area contributed by atoms with Gasteiger partial charge in [-0.1, -0.05) is 11.6 Å². The van der Waals surface area contributed by atoms with Gasteiger partial charge in [0, 0.05) is 16.4 Å². The predicted molar refractivity (Wildman–Crippen MR) is 72.0 cm³/mol. The third-order valence-corrected chi connectivity index (χ3v) is 3.22. The van der Waals surface area contributed by atoms with Crippen molar-refractivity contribution >= 4 is 33.5 Å². The molecule has 5 nitrogen and oxygen atoms in total. The van der Waals surface area contributed by atoms with Gasteiger partial charge in [-0.2, -0.15) is 0 Å². The van der Waals surface area contributed by atoms with Crippen LogP contribution in [0.15, 0.2) is 27.1 Å². The SMILES string of the molecule is Cc1nnc([C@H](C)OC(=O)c2ccc(Cl)cc2Br)o1. The Balaban J connectivity index is 2.12. The topological polar surface area (TPSA) is 65.2 Å². The van der Waals surface area contributed by atoms with E-state index < -0.39 is 12.1 Å². The summed E-state index contributed by atoms with van der Waals surface area (Å²) >= 11 is 9.07. The van der Waals surface area contributed by atoms with Gasteiger partial charge < -0.3 is 9.15 Å². The zero-order valence-electron chi connectivity index (χ0n) is 10.2. The summed E-state index contributed by atoms with van der Waals surface area (Å²) in [6.45, 7) is 3.33. The summed E-state index contributed by atoms with van der Waals surface area (Å²) in [7, 11) is 0. The van der Waals surface area contributed by atoms with Gasteiger partial charge in [0.1, 0.15) is 0 Å². The lowest BCUT2D eigenvalue weighted by Crippen LogP contribution is -2.10. The second-order valence-corrected chi connectivity index (χ2v) is 5.12. The number of rotatable bonds is 3. The van der Waals surface area contributed by atoms with Crippen LogP contribution in [-0.2, 0) is 4.74 Å². The lowest BCUT2D eigenvalue weighted by Gasteiger charge is -2.10. The normalized spacial score (nSPS) is 12.2. The predicted octanol–water partition coefficient (Wildman–Crippen LogP) is 3.71. The number of carbonyl (C=O) groups excluding carboxylic acids is 1. The number of hydrogen-bond acceptors (Lipinski definition) is 5. The Hall–Kier alpha value is -1.40. The molecule has 19 heavy (non-hydrogen) atoms. The molecule has 1 aromatic heterocycles. The minimum atomic E-state index is -0.615. The fraction of sp³-hybridized carbons (Fsp3) is 0.250. The first kappa shape index (κ1) is 14.0. The van der Waals surface area contributed by atoms with E-state index in [-0.39, 0.29) is 5.89 Å². The molecule has 7 heteroatoms. The van der Waals surface area contributed by atoms with Crippen molar-refractivity contribution in [2.24, 2.45) is 0 Å². The van der Waals surface area contributed by atoms with Crippen LogP contribution in [0.5, 0.6) is 0 Å². The summed E-state index contributed by atoms with van der Waals surface area (Å²) in [4.78, 5) is 12.0. The highest BCUT2D eigenvalue weighted by molar-refractivity contribution is 9.10. The molecule has 1 heterocycles. The molecule has 0 unspecified atom stereocenters. The molecule has 100 valence electrons. The molecular formula is C12H10BrClN2O3.